The molecule has 0 radical (unpaired) electrons. The van der Waals surface area contributed by atoms with Crippen LogP contribution in [0.1, 0.15) is 13.8 Å². The Labute approximate surface area is 82.3 Å². The Morgan fingerprint density at radius 2 is 1.69 bits per heavy atom. The van der Waals surface area contributed by atoms with Crippen molar-refractivity contribution < 1.29 is 4.92 Å². The van der Waals surface area contributed by atoms with E-state index in [0.29, 0.717) is 0 Å². The zero-order valence-corrected chi connectivity index (χ0v) is 8.80. The number of non-ortho nitro benzene ring substituents is 1. The van der Waals surface area contributed by atoms with Gasteiger partial charge in [-0.1, -0.05) is 13.8 Å². The van der Waals surface area contributed by atoms with Crippen molar-refractivity contribution in [1.29, 1.82) is 0 Å². The Morgan fingerprint density at radius 1 is 1.23 bits per heavy atom. The molecule has 0 N–H and O–H groups in total. The van der Waals surface area contributed by atoms with Crippen molar-refractivity contribution in [3.05, 3.63) is 34.4 Å². The lowest BCUT2D eigenvalue weighted by Crippen LogP contribution is -1.85. The summed E-state index contributed by atoms with van der Waals surface area (Å²) in [6.45, 7) is 4.00. The Hall–Kier alpha value is -1.03. The molecule has 0 amide bonds. The van der Waals surface area contributed by atoms with E-state index in [4.69, 9.17) is 0 Å². The second-order valence-electron chi connectivity index (χ2n) is 1.96. The van der Waals surface area contributed by atoms with Crippen LogP contribution in [0.2, 0.25) is 0 Å². The monoisotopic (exact) mass is 199 g/mol. The molecule has 0 saturated heterocycles. The Morgan fingerprint density at radius 3 is 2.00 bits per heavy atom. The molecule has 0 bridgehead atoms. The summed E-state index contributed by atoms with van der Waals surface area (Å²) in [5, 5.41) is 10.2. The highest BCUT2D eigenvalue weighted by Gasteiger charge is 2.02. The molecule has 1 aromatic carbocycles. The van der Waals surface area contributed by atoms with Crippen LogP contribution in [-0.4, -0.2) is 11.2 Å². The fraction of sp³-hybridized carbons (Fsp3) is 0.333. The van der Waals surface area contributed by atoms with E-state index in [9.17, 15) is 10.1 Å². The smallest absolute Gasteiger partial charge is 0.258 e. The molecule has 0 aliphatic rings. The summed E-state index contributed by atoms with van der Waals surface area (Å²) in [7, 11) is 0. The summed E-state index contributed by atoms with van der Waals surface area (Å²) in [6, 6.07) is 6.49. The predicted octanol–water partition coefficient (Wildman–Crippen LogP) is 3.34. The van der Waals surface area contributed by atoms with Crippen LogP contribution in [0.4, 0.5) is 5.69 Å². The number of nitro benzene ring substituents is 1. The lowest BCUT2D eigenvalue weighted by atomic mass is 10.3. The lowest BCUT2D eigenvalue weighted by molar-refractivity contribution is -0.384. The molecule has 72 valence electrons. The van der Waals surface area contributed by atoms with Gasteiger partial charge in [-0.2, -0.15) is 0 Å². The van der Waals surface area contributed by atoms with Crippen molar-refractivity contribution >= 4 is 17.4 Å². The van der Waals surface area contributed by atoms with Crippen molar-refractivity contribution in [3.63, 3.8) is 0 Å². The summed E-state index contributed by atoms with van der Waals surface area (Å²) in [6.07, 6.45) is 1.93. The van der Waals surface area contributed by atoms with Gasteiger partial charge in [0.2, 0.25) is 0 Å². The number of benzene rings is 1. The molecule has 0 aliphatic carbocycles. The third kappa shape index (κ3) is 3.94. The van der Waals surface area contributed by atoms with Crippen LogP contribution < -0.4 is 0 Å². The maximum atomic E-state index is 10.2. The standard InChI is InChI=1S/C7H7NO2S.C2H6/c1-11-7-4-2-6(3-5-7)8(9)10;1-2/h2-5H,1H3;1-2H3. The number of nitro groups is 1. The molecule has 13 heavy (non-hydrogen) atoms. The highest BCUT2D eigenvalue weighted by Crippen LogP contribution is 2.18. The van der Waals surface area contributed by atoms with Crippen LogP contribution in [0, 0.1) is 10.1 Å². The van der Waals surface area contributed by atoms with E-state index in [2.05, 4.69) is 0 Å². The maximum Gasteiger partial charge on any atom is 0.269 e. The molecule has 0 aromatic heterocycles. The fourth-order valence-corrected chi connectivity index (χ4v) is 1.11. The summed E-state index contributed by atoms with van der Waals surface area (Å²) in [4.78, 5) is 10.8. The average Bonchev–Trinajstić information content (AvgIpc) is 2.21. The zero-order valence-electron chi connectivity index (χ0n) is 7.98. The molecule has 3 nitrogen and oxygen atoms in total. The van der Waals surface area contributed by atoms with E-state index < -0.39 is 4.92 Å². The van der Waals surface area contributed by atoms with Gasteiger partial charge in [-0.25, -0.2) is 0 Å². The third-order valence-corrected chi connectivity index (χ3v) is 2.03. The van der Waals surface area contributed by atoms with E-state index in [1.807, 2.05) is 20.1 Å². The first-order chi connectivity index (χ1) is 6.24. The summed E-state index contributed by atoms with van der Waals surface area (Å²) in [5.41, 5.74) is 0.141. The highest BCUT2D eigenvalue weighted by atomic mass is 32.2. The largest absolute Gasteiger partial charge is 0.269 e. The lowest BCUT2D eigenvalue weighted by Gasteiger charge is -1.93. The molecule has 0 unspecified atom stereocenters. The van der Waals surface area contributed by atoms with E-state index in [-0.39, 0.29) is 5.69 Å². The van der Waals surface area contributed by atoms with Gasteiger partial charge in [0.25, 0.3) is 5.69 Å². The fourth-order valence-electron chi connectivity index (χ4n) is 0.704. The van der Waals surface area contributed by atoms with Crippen molar-refractivity contribution in [2.45, 2.75) is 18.7 Å². The Balaban J connectivity index is 0.000000671. The molecule has 0 saturated carbocycles. The molecular weight excluding hydrogens is 186 g/mol. The molecule has 0 spiro atoms. The minimum atomic E-state index is -0.399. The van der Waals surface area contributed by atoms with Crippen LogP contribution >= 0.6 is 11.8 Å². The van der Waals surface area contributed by atoms with E-state index in [0.717, 1.165) is 4.90 Å². The van der Waals surface area contributed by atoms with Crippen LogP contribution in [0.15, 0.2) is 29.2 Å². The van der Waals surface area contributed by atoms with E-state index in [1.54, 1.807) is 23.9 Å². The molecule has 0 aliphatic heterocycles. The first-order valence-electron chi connectivity index (χ1n) is 4.02. The molecule has 1 rings (SSSR count). The van der Waals surface area contributed by atoms with Crippen LogP contribution in [-0.2, 0) is 0 Å². The predicted molar refractivity (Wildman–Crippen MR) is 56.2 cm³/mol. The van der Waals surface area contributed by atoms with Gasteiger partial charge in [-0.3, -0.25) is 10.1 Å². The van der Waals surface area contributed by atoms with E-state index >= 15 is 0 Å². The van der Waals surface area contributed by atoms with Crippen molar-refractivity contribution in [1.82, 2.24) is 0 Å². The van der Waals surface area contributed by atoms with E-state index in [1.165, 1.54) is 12.1 Å². The van der Waals surface area contributed by atoms with Gasteiger partial charge in [0.15, 0.2) is 0 Å². The molecule has 0 heterocycles. The molecule has 0 atom stereocenters. The minimum Gasteiger partial charge on any atom is -0.258 e. The first-order valence-corrected chi connectivity index (χ1v) is 5.25. The van der Waals surface area contributed by atoms with Gasteiger partial charge in [0, 0.05) is 17.0 Å². The van der Waals surface area contributed by atoms with Gasteiger partial charge in [-0.15, -0.1) is 11.8 Å². The third-order valence-electron chi connectivity index (χ3n) is 1.28. The number of nitrogens with zero attached hydrogens (tertiary/aromatic N) is 1. The molecule has 1 aromatic rings. The summed E-state index contributed by atoms with van der Waals surface area (Å²) in [5.74, 6) is 0. The number of hydrogen-bond donors (Lipinski definition) is 0. The maximum absolute atomic E-state index is 10.2. The van der Waals surface area contributed by atoms with Gasteiger partial charge >= 0.3 is 0 Å². The summed E-state index contributed by atoms with van der Waals surface area (Å²) < 4.78 is 0. The topological polar surface area (TPSA) is 43.1 Å². The van der Waals surface area contributed by atoms with Crippen LogP contribution in [0.3, 0.4) is 0 Å². The van der Waals surface area contributed by atoms with Crippen LogP contribution in [0.5, 0.6) is 0 Å². The molecular formula is C9H13NO2S. The van der Waals surface area contributed by atoms with Gasteiger partial charge < -0.3 is 0 Å². The quantitative estimate of drug-likeness (QED) is 0.417. The van der Waals surface area contributed by atoms with Gasteiger partial charge in [0.1, 0.15) is 0 Å². The van der Waals surface area contributed by atoms with Crippen molar-refractivity contribution in [2.24, 2.45) is 0 Å². The van der Waals surface area contributed by atoms with Crippen molar-refractivity contribution in [2.75, 3.05) is 6.26 Å². The highest BCUT2D eigenvalue weighted by molar-refractivity contribution is 7.98. The molecule has 4 heteroatoms. The second-order valence-corrected chi connectivity index (χ2v) is 2.83. The SMILES string of the molecule is CC.CSc1ccc([N+](=O)[O-])cc1. The van der Waals surface area contributed by atoms with Gasteiger partial charge in [0.05, 0.1) is 4.92 Å². The zero-order chi connectivity index (χ0) is 10.3. The first kappa shape index (κ1) is 12.0. The minimum absolute atomic E-state index is 0.141. The average molecular weight is 199 g/mol. The summed E-state index contributed by atoms with van der Waals surface area (Å²) >= 11 is 1.57. The Kier molecular flexibility index (Phi) is 5.97. The molecule has 0 fully saturated rings. The second kappa shape index (κ2) is 6.48. The normalized spacial score (nSPS) is 8.54. The number of rotatable bonds is 2. The van der Waals surface area contributed by atoms with Crippen LogP contribution in [0.25, 0.3) is 0 Å². The number of thioether (sulfide) groups is 1. The van der Waals surface area contributed by atoms with Crippen molar-refractivity contribution in [3.8, 4) is 0 Å². The Bertz CT molecular complexity index is 259. The van der Waals surface area contributed by atoms with Gasteiger partial charge in [-0.05, 0) is 18.4 Å². The number of hydrogen-bond acceptors (Lipinski definition) is 3.